The smallest absolute Gasteiger partial charge is 0.294 e. The van der Waals surface area contributed by atoms with Crippen LogP contribution in [0.2, 0.25) is 0 Å². The van der Waals surface area contributed by atoms with Gasteiger partial charge in [-0.05, 0) is 79.3 Å². The van der Waals surface area contributed by atoms with E-state index in [2.05, 4.69) is 40.4 Å². The Bertz CT molecular complexity index is 3630. The summed E-state index contributed by atoms with van der Waals surface area (Å²) in [4.78, 5) is 37.4. The number of hydrogen-bond donors (Lipinski definition) is 4. The lowest BCUT2D eigenvalue weighted by atomic mass is 10.1. The number of nitro groups is 1. The summed E-state index contributed by atoms with van der Waals surface area (Å²) >= 11 is 0. The third-order valence-corrected chi connectivity index (χ3v) is 15.7. The number of hydrogen-bond acceptors (Lipinski definition) is 20. The second kappa shape index (κ2) is 26.5. The average molecular weight is 1120 g/mol. The fraction of sp³-hybridized carbons (Fsp3) is 0.333. The molecule has 0 aliphatic heterocycles. The molecule has 0 spiro atoms. The number of aliphatic hydroxyl groups excluding tert-OH is 1. The molecule has 0 saturated heterocycles. The van der Waals surface area contributed by atoms with Crippen LogP contribution in [0.5, 0.6) is 11.5 Å². The monoisotopic (exact) mass is 1120 g/mol. The van der Waals surface area contributed by atoms with Gasteiger partial charge in [0.2, 0.25) is 31.9 Å². The number of likely N-dealkylation sites (N-methyl/N-ethyl adjacent to an activating group) is 4. The lowest BCUT2D eigenvalue weighted by Gasteiger charge is -2.24. The number of nitrogens with two attached hydrogens (primary N) is 1. The first-order chi connectivity index (χ1) is 37.6. The number of rotatable bonds is 21. The lowest BCUT2D eigenvalue weighted by Crippen LogP contribution is -2.29. The van der Waals surface area contributed by atoms with Crippen LogP contribution >= 0.6 is 0 Å². The Morgan fingerprint density at radius 1 is 0.633 bits per heavy atom. The zero-order valence-corrected chi connectivity index (χ0v) is 48.0. The van der Waals surface area contributed by atoms with Gasteiger partial charge in [-0.25, -0.2) is 44.7 Å². The molecular weight excluding hydrogens is 1050 g/mol. The van der Waals surface area contributed by atoms with Crippen molar-refractivity contribution in [2.75, 3.05) is 127 Å². The van der Waals surface area contributed by atoms with Crippen molar-refractivity contribution < 1.29 is 36.3 Å². The van der Waals surface area contributed by atoms with E-state index in [1.807, 2.05) is 81.4 Å². The molecule has 0 unspecified atom stereocenters. The molecule has 4 heterocycles. The van der Waals surface area contributed by atoms with Gasteiger partial charge in [0.1, 0.15) is 17.2 Å². The molecule has 0 amide bonds. The highest BCUT2D eigenvalue weighted by Gasteiger charge is 2.25. The normalized spacial score (nSPS) is 11.5. The summed E-state index contributed by atoms with van der Waals surface area (Å²) < 4.78 is 64.6. The average Bonchev–Trinajstić information content (AvgIpc) is 4.13. The topological polar surface area (TPSA) is 275 Å². The van der Waals surface area contributed by atoms with Crippen LogP contribution in [-0.2, 0) is 20.0 Å². The van der Waals surface area contributed by atoms with E-state index in [0.717, 1.165) is 29.5 Å². The van der Waals surface area contributed by atoms with E-state index in [9.17, 15) is 26.9 Å². The molecule has 0 aliphatic rings. The van der Waals surface area contributed by atoms with Crippen molar-refractivity contribution in [1.82, 2.24) is 37.7 Å². The molecule has 79 heavy (non-hydrogen) atoms. The minimum Gasteiger partial charge on any atom is -0.494 e. The summed E-state index contributed by atoms with van der Waals surface area (Å²) in [7, 11) is 7.76. The fourth-order valence-electron chi connectivity index (χ4n) is 8.23. The van der Waals surface area contributed by atoms with Crippen molar-refractivity contribution >= 4 is 87.9 Å². The maximum atomic E-state index is 12.7. The molecule has 422 valence electrons. The molecule has 25 heteroatoms. The first kappa shape index (κ1) is 60.1. The molecule has 0 aliphatic carbocycles. The van der Waals surface area contributed by atoms with Gasteiger partial charge >= 0.3 is 0 Å². The summed E-state index contributed by atoms with van der Waals surface area (Å²) in [6, 6.07) is 24.7. The number of para-hydroxylation sites is 2. The number of benzene rings is 4. The predicted octanol–water partition coefficient (Wildman–Crippen LogP) is 7.58. The van der Waals surface area contributed by atoms with Crippen LogP contribution < -0.4 is 35.6 Å². The maximum Gasteiger partial charge on any atom is 0.294 e. The SMILES string of the molecule is CCO.CCS(=O)(=O)n1cc(-c2ccnc(Nc3cc(N)c(N(C)CCN(C)C)cc3OC)n2)c2ccccc21.CCS(=O)(=O)n1cc(-c2ccnc(Nc3cc([N+](=O)[O-])c(N(C)CCN(C)C)cc3OC)n2)c2ccccc21. The van der Waals surface area contributed by atoms with E-state index >= 15 is 0 Å². The number of aromatic nitrogens is 6. The summed E-state index contributed by atoms with van der Waals surface area (Å²) in [5.74, 6) is 1.42. The number of nitrogens with one attached hydrogen (secondary N) is 2. The first-order valence-electron chi connectivity index (χ1n) is 25.2. The molecule has 0 fully saturated rings. The van der Waals surface area contributed by atoms with Crippen LogP contribution in [0.4, 0.5) is 46.0 Å². The number of ether oxygens (including phenoxy) is 2. The van der Waals surface area contributed by atoms with Crippen LogP contribution in [0.15, 0.2) is 110 Å². The van der Waals surface area contributed by atoms with E-state index in [0.29, 0.717) is 86.8 Å². The van der Waals surface area contributed by atoms with Gasteiger partial charge in [-0.3, -0.25) is 10.1 Å². The molecule has 23 nitrogen and oxygen atoms in total. The van der Waals surface area contributed by atoms with Crippen molar-refractivity contribution in [3.63, 3.8) is 0 Å². The maximum absolute atomic E-state index is 12.7. The molecule has 8 aromatic rings. The van der Waals surface area contributed by atoms with Crippen LogP contribution in [0.25, 0.3) is 44.3 Å². The van der Waals surface area contributed by atoms with Gasteiger partial charge in [0.05, 0.1) is 75.8 Å². The highest BCUT2D eigenvalue weighted by atomic mass is 32.2. The second-order valence-corrected chi connectivity index (χ2v) is 22.7. The number of fused-ring (bicyclic) bond motifs is 2. The Kier molecular flexibility index (Phi) is 20.2. The number of aliphatic hydroxyl groups is 1. The van der Waals surface area contributed by atoms with E-state index in [1.54, 1.807) is 96.0 Å². The number of nitrogens with zero attached hydrogens (tertiary/aromatic N) is 11. The quantitative estimate of drug-likeness (QED) is 0.0306. The lowest BCUT2D eigenvalue weighted by molar-refractivity contribution is -0.384. The molecule has 0 radical (unpaired) electrons. The van der Waals surface area contributed by atoms with Crippen LogP contribution in [-0.4, -0.2) is 165 Å². The highest BCUT2D eigenvalue weighted by Crippen LogP contribution is 2.40. The van der Waals surface area contributed by atoms with Gasteiger partial charge in [-0.15, -0.1) is 0 Å². The molecular formula is C54H70N14O9S2. The first-order valence-corrected chi connectivity index (χ1v) is 28.4. The zero-order chi connectivity index (χ0) is 57.8. The molecule has 5 N–H and O–H groups in total. The van der Waals surface area contributed by atoms with Gasteiger partial charge in [-0.2, -0.15) is 0 Å². The molecule has 0 bridgehead atoms. The van der Waals surface area contributed by atoms with Crippen LogP contribution in [0.3, 0.4) is 0 Å². The van der Waals surface area contributed by atoms with Crippen molar-refractivity contribution in [2.45, 2.75) is 20.8 Å². The number of nitro benzene ring substituents is 1. The van der Waals surface area contributed by atoms with E-state index in [4.69, 9.17) is 20.3 Å². The Morgan fingerprint density at radius 2 is 1.04 bits per heavy atom. The minimum absolute atomic E-state index is 0.0107. The summed E-state index contributed by atoms with van der Waals surface area (Å²) in [6.07, 6.45) is 6.34. The Hall–Kier alpha value is -8.10. The minimum atomic E-state index is -3.54. The van der Waals surface area contributed by atoms with Gasteiger partial charge in [0, 0.05) is 112 Å². The molecule has 0 atom stereocenters. The van der Waals surface area contributed by atoms with Crippen molar-refractivity contribution in [3.05, 3.63) is 120 Å². The highest BCUT2D eigenvalue weighted by molar-refractivity contribution is 7.90. The van der Waals surface area contributed by atoms with Gasteiger partial charge in [0.25, 0.3) is 5.69 Å². The summed E-state index contributed by atoms with van der Waals surface area (Å²) in [6.45, 7) is 8.13. The molecule has 4 aromatic heterocycles. The second-order valence-electron chi connectivity index (χ2n) is 18.5. The van der Waals surface area contributed by atoms with Gasteiger partial charge in [-0.1, -0.05) is 36.4 Å². The standard InChI is InChI=1S/C26H31N7O5S.C26H33N7O3S.C2H6O/c1-6-39(36,37)32-17-19(18-9-7-8-10-22(18)32)20-11-12-27-26(28-20)29-21-15-24(33(34)35)23(16-25(21)38-5)31(4)14-13-30(2)3;1-6-37(34,35)33-17-19(18-9-7-8-10-23(18)33)21-11-12-28-26(29-21)30-22-15-20(27)24(16-25(22)36-5)32(4)14-13-31(2)3;1-2-3/h7-12,15-17H,6,13-14H2,1-5H3,(H,27,28,29);7-12,15-17H,6,13-14,27H2,1-5H3,(H,28,29,30);3H,2H2,1H3. The van der Waals surface area contributed by atoms with E-state index in [1.165, 1.54) is 27.3 Å². The Labute approximate surface area is 461 Å². The fourth-order valence-corrected chi connectivity index (χ4v) is 10.2. The largest absolute Gasteiger partial charge is 0.494 e. The van der Waals surface area contributed by atoms with E-state index < -0.39 is 25.0 Å². The third-order valence-electron chi connectivity index (χ3n) is 12.5. The summed E-state index contributed by atoms with van der Waals surface area (Å²) in [5, 5.41) is 27.3. The predicted molar refractivity (Wildman–Crippen MR) is 316 cm³/mol. The van der Waals surface area contributed by atoms with E-state index in [-0.39, 0.29) is 29.7 Å². The zero-order valence-electron chi connectivity index (χ0n) is 46.4. The Morgan fingerprint density at radius 3 is 1.44 bits per heavy atom. The van der Waals surface area contributed by atoms with Gasteiger partial charge < -0.3 is 50.5 Å². The molecule has 0 saturated carbocycles. The number of anilines is 7. The van der Waals surface area contributed by atoms with Crippen molar-refractivity contribution in [1.29, 1.82) is 0 Å². The molecule has 4 aromatic carbocycles. The third kappa shape index (κ3) is 14.3. The Balaban J connectivity index is 0.000000243. The number of methoxy groups -OCH3 is 2. The van der Waals surface area contributed by atoms with Crippen LogP contribution in [0, 0.1) is 10.1 Å². The molecule has 8 rings (SSSR count). The van der Waals surface area contributed by atoms with Crippen LogP contribution in [0.1, 0.15) is 20.8 Å². The number of nitrogen functional groups attached to an aromatic ring is 1. The van der Waals surface area contributed by atoms with Crippen molar-refractivity contribution in [3.8, 4) is 34.0 Å². The summed E-state index contributed by atoms with van der Waals surface area (Å²) in [5.41, 5.74) is 12.7. The van der Waals surface area contributed by atoms with Gasteiger partial charge in [0.15, 0.2) is 0 Å². The van der Waals surface area contributed by atoms with Crippen molar-refractivity contribution in [2.24, 2.45) is 0 Å².